The lowest BCUT2D eigenvalue weighted by Gasteiger charge is -2.14. The minimum atomic E-state index is -0.484. The van der Waals surface area contributed by atoms with Gasteiger partial charge in [0.15, 0.2) is 11.5 Å². The summed E-state index contributed by atoms with van der Waals surface area (Å²) in [5, 5.41) is 0.735. The molecule has 0 bridgehead atoms. The molecule has 3 rings (SSSR count). The minimum absolute atomic E-state index is 0.00646. The summed E-state index contributed by atoms with van der Waals surface area (Å²) in [6, 6.07) is 11.2. The van der Waals surface area contributed by atoms with Gasteiger partial charge in [0.05, 0.1) is 27.8 Å². The van der Waals surface area contributed by atoms with E-state index in [0.29, 0.717) is 28.4 Å². The molecule has 0 fully saturated rings. The Morgan fingerprint density at radius 2 is 1.59 bits per heavy atom. The van der Waals surface area contributed by atoms with Crippen LogP contribution in [0.1, 0.15) is 5.56 Å². The van der Waals surface area contributed by atoms with E-state index in [0.717, 1.165) is 5.39 Å². The Bertz CT molecular complexity index is 1010. The largest absolute Gasteiger partial charge is 0.493 e. The molecule has 0 amide bonds. The molecule has 0 saturated carbocycles. The van der Waals surface area contributed by atoms with Gasteiger partial charge in [-0.15, -0.1) is 0 Å². The van der Waals surface area contributed by atoms with E-state index in [2.05, 4.69) is 0 Å². The van der Waals surface area contributed by atoms with Crippen LogP contribution in [0.4, 0.5) is 0 Å². The fraction of sp³-hybridized carbons (Fsp3) is 0.200. The van der Waals surface area contributed by atoms with Crippen molar-refractivity contribution in [3.63, 3.8) is 0 Å². The number of esters is 1. The van der Waals surface area contributed by atoms with Gasteiger partial charge in [0.2, 0.25) is 5.75 Å². The summed E-state index contributed by atoms with van der Waals surface area (Å²) in [4.78, 5) is 23.6. The SMILES string of the molecule is COc1cc(CC(=O)Oc2ccc3ccc(=O)oc3c2)cc(OC)c1OC. The number of fused-ring (bicyclic) bond motifs is 1. The van der Waals surface area contributed by atoms with Crippen LogP contribution in [-0.2, 0) is 11.2 Å². The Balaban J connectivity index is 1.80. The first kappa shape index (κ1) is 18.3. The molecule has 0 atom stereocenters. The minimum Gasteiger partial charge on any atom is -0.493 e. The number of hydrogen-bond acceptors (Lipinski definition) is 7. The maximum absolute atomic E-state index is 12.3. The Morgan fingerprint density at radius 3 is 2.22 bits per heavy atom. The van der Waals surface area contributed by atoms with Gasteiger partial charge in [-0.05, 0) is 35.9 Å². The van der Waals surface area contributed by atoms with Crippen LogP contribution in [0.3, 0.4) is 0 Å². The van der Waals surface area contributed by atoms with Crippen LogP contribution in [0.5, 0.6) is 23.0 Å². The highest BCUT2D eigenvalue weighted by Gasteiger charge is 2.16. The van der Waals surface area contributed by atoms with Crippen LogP contribution in [0.15, 0.2) is 51.7 Å². The maximum atomic E-state index is 12.3. The van der Waals surface area contributed by atoms with Gasteiger partial charge in [0.1, 0.15) is 11.3 Å². The topological polar surface area (TPSA) is 84.2 Å². The average Bonchev–Trinajstić information content (AvgIpc) is 2.66. The summed E-state index contributed by atoms with van der Waals surface area (Å²) in [5.74, 6) is 1.15. The molecule has 0 aliphatic rings. The van der Waals surface area contributed by atoms with Gasteiger partial charge in [0.25, 0.3) is 0 Å². The molecular formula is C20H18O7. The zero-order valence-electron chi connectivity index (χ0n) is 15.1. The molecular weight excluding hydrogens is 352 g/mol. The number of rotatable bonds is 6. The third-order valence-corrected chi connectivity index (χ3v) is 3.90. The smallest absolute Gasteiger partial charge is 0.336 e. The lowest BCUT2D eigenvalue weighted by Crippen LogP contribution is -2.11. The van der Waals surface area contributed by atoms with Crippen molar-refractivity contribution in [3.8, 4) is 23.0 Å². The van der Waals surface area contributed by atoms with Gasteiger partial charge in [-0.3, -0.25) is 4.79 Å². The van der Waals surface area contributed by atoms with E-state index in [4.69, 9.17) is 23.4 Å². The Labute approximate surface area is 155 Å². The summed E-state index contributed by atoms with van der Waals surface area (Å²) in [7, 11) is 4.51. The fourth-order valence-corrected chi connectivity index (χ4v) is 2.68. The summed E-state index contributed by atoms with van der Waals surface area (Å²) in [5.41, 5.74) is 0.519. The molecule has 0 spiro atoms. The molecule has 0 unspecified atom stereocenters. The van der Waals surface area contributed by atoms with E-state index in [-0.39, 0.29) is 12.2 Å². The molecule has 0 N–H and O–H groups in total. The monoisotopic (exact) mass is 370 g/mol. The van der Waals surface area contributed by atoms with Crippen LogP contribution in [-0.4, -0.2) is 27.3 Å². The molecule has 0 saturated heterocycles. The number of ether oxygens (including phenoxy) is 4. The zero-order chi connectivity index (χ0) is 19.4. The molecule has 27 heavy (non-hydrogen) atoms. The lowest BCUT2D eigenvalue weighted by atomic mass is 10.1. The Morgan fingerprint density at radius 1 is 0.926 bits per heavy atom. The summed E-state index contributed by atoms with van der Waals surface area (Å²) < 4.78 is 26.3. The second kappa shape index (κ2) is 7.82. The summed E-state index contributed by atoms with van der Waals surface area (Å²) >= 11 is 0. The van der Waals surface area contributed by atoms with Gasteiger partial charge in [-0.1, -0.05) is 0 Å². The van der Waals surface area contributed by atoms with Crippen LogP contribution in [0.25, 0.3) is 11.0 Å². The van der Waals surface area contributed by atoms with Gasteiger partial charge >= 0.3 is 11.6 Å². The number of carbonyl (C=O) groups is 1. The van der Waals surface area contributed by atoms with Crippen LogP contribution in [0.2, 0.25) is 0 Å². The first-order valence-corrected chi connectivity index (χ1v) is 8.07. The molecule has 0 radical (unpaired) electrons. The van der Waals surface area contributed by atoms with E-state index in [9.17, 15) is 9.59 Å². The van der Waals surface area contributed by atoms with Crippen molar-refractivity contribution >= 4 is 16.9 Å². The summed E-state index contributed by atoms with van der Waals surface area (Å²) in [6.45, 7) is 0. The van der Waals surface area contributed by atoms with Gasteiger partial charge in [0, 0.05) is 17.5 Å². The molecule has 3 aromatic rings. The van der Waals surface area contributed by atoms with Crippen LogP contribution < -0.4 is 24.6 Å². The lowest BCUT2D eigenvalue weighted by molar-refractivity contribution is -0.133. The van der Waals surface area contributed by atoms with Gasteiger partial charge in [-0.25, -0.2) is 4.79 Å². The van der Waals surface area contributed by atoms with Crippen molar-refractivity contribution in [3.05, 3.63) is 58.4 Å². The third-order valence-electron chi connectivity index (χ3n) is 3.90. The summed E-state index contributed by atoms with van der Waals surface area (Å²) in [6.07, 6.45) is -0.00646. The van der Waals surface area contributed by atoms with E-state index < -0.39 is 11.6 Å². The second-order valence-electron chi connectivity index (χ2n) is 5.64. The van der Waals surface area contributed by atoms with E-state index in [1.165, 1.54) is 33.5 Å². The number of hydrogen-bond donors (Lipinski definition) is 0. The van der Waals surface area contributed by atoms with E-state index >= 15 is 0 Å². The van der Waals surface area contributed by atoms with E-state index in [1.54, 1.807) is 30.3 Å². The first-order chi connectivity index (χ1) is 13.0. The molecule has 2 aromatic carbocycles. The first-order valence-electron chi connectivity index (χ1n) is 8.07. The zero-order valence-corrected chi connectivity index (χ0v) is 15.1. The van der Waals surface area contributed by atoms with Crippen LogP contribution >= 0.6 is 0 Å². The molecule has 7 nitrogen and oxygen atoms in total. The fourth-order valence-electron chi connectivity index (χ4n) is 2.68. The quantitative estimate of drug-likeness (QED) is 0.375. The van der Waals surface area contributed by atoms with Crippen molar-refractivity contribution in [2.45, 2.75) is 6.42 Å². The molecule has 140 valence electrons. The highest BCUT2D eigenvalue weighted by molar-refractivity contribution is 5.80. The van der Waals surface area contributed by atoms with Gasteiger partial charge in [-0.2, -0.15) is 0 Å². The third kappa shape index (κ3) is 4.03. The van der Waals surface area contributed by atoms with Crippen molar-refractivity contribution in [2.75, 3.05) is 21.3 Å². The average molecular weight is 370 g/mol. The number of benzene rings is 2. The molecule has 1 aromatic heterocycles. The Kier molecular flexibility index (Phi) is 5.30. The molecule has 0 aliphatic carbocycles. The standard InChI is InChI=1S/C20H18O7/c1-23-16-8-12(9-17(24-2)20(16)25-3)10-19(22)26-14-6-4-13-5-7-18(21)27-15(13)11-14/h4-9,11H,10H2,1-3H3. The van der Waals surface area contributed by atoms with Crippen LogP contribution in [0, 0.1) is 0 Å². The molecule has 7 heteroatoms. The van der Waals surface area contributed by atoms with E-state index in [1.807, 2.05) is 0 Å². The molecule has 1 heterocycles. The van der Waals surface area contributed by atoms with Crippen molar-refractivity contribution in [1.29, 1.82) is 0 Å². The van der Waals surface area contributed by atoms with Gasteiger partial charge < -0.3 is 23.4 Å². The second-order valence-corrected chi connectivity index (χ2v) is 5.64. The van der Waals surface area contributed by atoms with Crippen molar-refractivity contribution in [2.24, 2.45) is 0 Å². The predicted octanol–water partition coefficient (Wildman–Crippen LogP) is 2.97. The molecule has 0 aliphatic heterocycles. The number of methoxy groups -OCH3 is 3. The predicted molar refractivity (Wildman–Crippen MR) is 97.9 cm³/mol. The maximum Gasteiger partial charge on any atom is 0.336 e. The van der Waals surface area contributed by atoms with Crippen molar-refractivity contribution in [1.82, 2.24) is 0 Å². The number of carbonyl (C=O) groups excluding carboxylic acids is 1. The highest BCUT2D eigenvalue weighted by Crippen LogP contribution is 2.38. The normalized spacial score (nSPS) is 10.5. The highest BCUT2D eigenvalue weighted by atomic mass is 16.5. The van der Waals surface area contributed by atoms with Crippen molar-refractivity contribution < 1.29 is 28.2 Å². The Hall–Kier alpha value is -3.48.